The van der Waals surface area contributed by atoms with Crippen molar-refractivity contribution >= 4 is 15.9 Å². The Morgan fingerprint density at radius 3 is 2.69 bits per heavy atom. The molecule has 0 N–H and O–H groups in total. The van der Waals surface area contributed by atoms with Gasteiger partial charge in [0.1, 0.15) is 0 Å². The molecule has 4 heteroatoms. The van der Waals surface area contributed by atoms with E-state index < -0.39 is 0 Å². The topological polar surface area (TPSA) is 35.0 Å². The van der Waals surface area contributed by atoms with E-state index in [9.17, 15) is 0 Å². The molecule has 0 bridgehead atoms. The first kappa shape index (κ1) is 11.1. The van der Waals surface area contributed by atoms with Gasteiger partial charge in [0.25, 0.3) is 0 Å². The minimum atomic E-state index is 0.576. The fourth-order valence-electron chi connectivity index (χ4n) is 1.28. The molecule has 0 saturated carbocycles. The van der Waals surface area contributed by atoms with Gasteiger partial charge in [0, 0.05) is 24.5 Å². The molecule has 0 radical (unpaired) electrons. The highest BCUT2D eigenvalue weighted by atomic mass is 79.9. The highest BCUT2D eigenvalue weighted by Crippen LogP contribution is 2.20. The van der Waals surface area contributed by atoms with Gasteiger partial charge in [-0.2, -0.15) is 0 Å². The molecule has 82 valence electrons. The van der Waals surface area contributed by atoms with Crippen LogP contribution in [0.1, 0.15) is 5.69 Å². The van der Waals surface area contributed by atoms with Crippen molar-refractivity contribution in [2.75, 3.05) is 6.61 Å². The Morgan fingerprint density at radius 1 is 1.06 bits per heavy atom. The van der Waals surface area contributed by atoms with Crippen LogP contribution in [0.5, 0.6) is 5.88 Å². The largest absolute Gasteiger partial charge is 0.476 e. The highest BCUT2D eigenvalue weighted by Gasteiger charge is 2.01. The van der Waals surface area contributed by atoms with Crippen molar-refractivity contribution in [2.24, 2.45) is 0 Å². The van der Waals surface area contributed by atoms with Gasteiger partial charge in [0.2, 0.25) is 5.88 Å². The first-order valence-electron chi connectivity index (χ1n) is 4.99. The molecule has 0 atom stereocenters. The van der Waals surface area contributed by atoms with E-state index in [1.54, 1.807) is 12.4 Å². The number of hydrogen-bond donors (Lipinski definition) is 0. The summed E-state index contributed by atoms with van der Waals surface area (Å²) in [4.78, 5) is 8.34. The monoisotopic (exact) mass is 278 g/mol. The molecule has 2 aromatic heterocycles. The number of nitrogens with zero attached hydrogens (tertiary/aromatic N) is 2. The molecule has 0 unspecified atom stereocenters. The van der Waals surface area contributed by atoms with Crippen molar-refractivity contribution < 1.29 is 4.74 Å². The van der Waals surface area contributed by atoms with Gasteiger partial charge < -0.3 is 4.74 Å². The van der Waals surface area contributed by atoms with Gasteiger partial charge in [-0.3, -0.25) is 4.98 Å². The third-order valence-electron chi connectivity index (χ3n) is 2.05. The van der Waals surface area contributed by atoms with Crippen LogP contribution in [0.2, 0.25) is 0 Å². The maximum atomic E-state index is 5.54. The van der Waals surface area contributed by atoms with Crippen molar-refractivity contribution in [1.29, 1.82) is 0 Å². The Balaban J connectivity index is 1.87. The normalized spacial score (nSPS) is 10.1. The van der Waals surface area contributed by atoms with Crippen LogP contribution < -0.4 is 4.74 Å². The van der Waals surface area contributed by atoms with Gasteiger partial charge in [-0.15, -0.1) is 0 Å². The quantitative estimate of drug-likeness (QED) is 0.863. The lowest BCUT2D eigenvalue weighted by Gasteiger charge is -2.05. The molecule has 0 saturated heterocycles. The minimum Gasteiger partial charge on any atom is -0.476 e. The maximum Gasteiger partial charge on any atom is 0.227 e. The average molecular weight is 279 g/mol. The van der Waals surface area contributed by atoms with Gasteiger partial charge >= 0.3 is 0 Å². The predicted molar refractivity (Wildman–Crippen MR) is 65.4 cm³/mol. The number of halogens is 1. The zero-order valence-corrected chi connectivity index (χ0v) is 10.2. The summed E-state index contributed by atoms with van der Waals surface area (Å²) in [5, 5.41) is 0. The molecule has 0 fully saturated rings. The van der Waals surface area contributed by atoms with E-state index in [1.807, 2.05) is 30.3 Å². The third kappa shape index (κ3) is 3.03. The van der Waals surface area contributed by atoms with E-state index in [2.05, 4.69) is 25.9 Å². The Hall–Kier alpha value is -1.42. The summed E-state index contributed by atoms with van der Waals surface area (Å²) in [6.45, 7) is 0.576. The molecule has 0 aliphatic rings. The Bertz CT molecular complexity index is 448. The Morgan fingerprint density at radius 2 is 1.94 bits per heavy atom. The number of rotatable bonds is 4. The smallest absolute Gasteiger partial charge is 0.227 e. The van der Waals surface area contributed by atoms with Crippen LogP contribution in [0.3, 0.4) is 0 Å². The SMILES string of the molecule is Brc1cccnc1OCCc1ccccn1. The van der Waals surface area contributed by atoms with Gasteiger partial charge in [0.05, 0.1) is 11.1 Å². The zero-order chi connectivity index (χ0) is 11.2. The average Bonchev–Trinajstić information content (AvgIpc) is 2.33. The second-order valence-corrected chi connectivity index (χ2v) is 4.06. The molecule has 3 nitrogen and oxygen atoms in total. The van der Waals surface area contributed by atoms with Crippen molar-refractivity contribution in [3.8, 4) is 5.88 Å². The molecule has 0 aliphatic heterocycles. The molecule has 0 aliphatic carbocycles. The van der Waals surface area contributed by atoms with Gasteiger partial charge in [-0.05, 0) is 40.2 Å². The van der Waals surface area contributed by atoms with Crippen molar-refractivity contribution in [3.05, 3.63) is 52.9 Å². The highest BCUT2D eigenvalue weighted by molar-refractivity contribution is 9.10. The molecular weight excluding hydrogens is 268 g/mol. The maximum absolute atomic E-state index is 5.54. The van der Waals surface area contributed by atoms with Crippen LogP contribution in [0.15, 0.2) is 47.2 Å². The number of hydrogen-bond acceptors (Lipinski definition) is 3. The Labute approximate surface area is 103 Å². The summed E-state index contributed by atoms with van der Waals surface area (Å²) in [6.07, 6.45) is 4.27. The summed E-state index contributed by atoms with van der Waals surface area (Å²) in [5.41, 5.74) is 1.02. The number of ether oxygens (including phenoxy) is 1. The van der Waals surface area contributed by atoms with E-state index in [0.717, 1.165) is 16.6 Å². The van der Waals surface area contributed by atoms with Crippen LogP contribution >= 0.6 is 15.9 Å². The van der Waals surface area contributed by atoms with Crippen LogP contribution in [-0.4, -0.2) is 16.6 Å². The molecule has 2 heterocycles. The summed E-state index contributed by atoms with van der Waals surface area (Å²) in [6, 6.07) is 9.62. The molecule has 0 amide bonds. The fourth-order valence-corrected chi connectivity index (χ4v) is 1.65. The van der Waals surface area contributed by atoms with Crippen molar-refractivity contribution in [1.82, 2.24) is 9.97 Å². The molecule has 16 heavy (non-hydrogen) atoms. The van der Waals surface area contributed by atoms with E-state index in [4.69, 9.17) is 4.74 Å². The van der Waals surface area contributed by atoms with Gasteiger partial charge in [0.15, 0.2) is 0 Å². The van der Waals surface area contributed by atoms with Crippen LogP contribution in [0.25, 0.3) is 0 Å². The lowest BCUT2D eigenvalue weighted by molar-refractivity contribution is 0.306. The molecule has 0 spiro atoms. The second kappa shape index (κ2) is 5.61. The lowest BCUT2D eigenvalue weighted by atomic mass is 10.3. The van der Waals surface area contributed by atoms with Crippen molar-refractivity contribution in [3.63, 3.8) is 0 Å². The number of pyridine rings is 2. The van der Waals surface area contributed by atoms with E-state index in [-0.39, 0.29) is 0 Å². The molecule has 0 aromatic carbocycles. The first-order valence-corrected chi connectivity index (χ1v) is 5.79. The van der Waals surface area contributed by atoms with E-state index in [1.165, 1.54) is 0 Å². The Kier molecular flexibility index (Phi) is 3.88. The fraction of sp³-hybridized carbons (Fsp3) is 0.167. The molecular formula is C12H11BrN2O. The third-order valence-corrected chi connectivity index (χ3v) is 2.65. The summed E-state index contributed by atoms with van der Waals surface area (Å²) in [7, 11) is 0. The van der Waals surface area contributed by atoms with Crippen LogP contribution in [0.4, 0.5) is 0 Å². The van der Waals surface area contributed by atoms with Gasteiger partial charge in [-0.1, -0.05) is 6.07 Å². The number of aromatic nitrogens is 2. The van der Waals surface area contributed by atoms with E-state index >= 15 is 0 Å². The van der Waals surface area contributed by atoms with Crippen LogP contribution in [-0.2, 0) is 6.42 Å². The second-order valence-electron chi connectivity index (χ2n) is 3.21. The van der Waals surface area contributed by atoms with Gasteiger partial charge in [-0.25, -0.2) is 4.98 Å². The summed E-state index contributed by atoms with van der Waals surface area (Å²) < 4.78 is 6.41. The minimum absolute atomic E-state index is 0.576. The zero-order valence-electron chi connectivity index (χ0n) is 8.64. The van der Waals surface area contributed by atoms with Crippen LogP contribution in [0, 0.1) is 0 Å². The first-order chi connectivity index (χ1) is 7.86. The molecule has 2 rings (SSSR count). The molecule has 2 aromatic rings. The summed E-state index contributed by atoms with van der Waals surface area (Å²) >= 11 is 3.38. The van der Waals surface area contributed by atoms with Crippen molar-refractivity contribution in [2.45, 2.75) is 6.42 Å². The summed E-state index contributed by atoms with van der Waals surface area (Å²) in [5.74, 6) is 0.624. The van der Waals surface area contributed by atoms with E-state index in [0.29, 0.717) is 12.5 Å². The predicted octanol–water partition coefficient (Wildman–Crippen LogP) is 2.86. The standard InChI is InChI=1S/C12H11BrN2O/c13-11-5-3-8-15-12(11)16-9-6-10-4-1-2-7-14-10/h1-5,7-8H,6,9H2. The lowest BCUT2D eigenvalue weighted by Crippen LogP contribution is -2.04.